The van der Waals surface area contributed by atoms with E-state index >= 15 is 0 Å². The van der Waals surface area contributed by atoms with Crippen LogP contribution in [-0.2, 0) is 11.2 Å². The number of rotatable bonds is 9. The molecule has 8 heteroatoms. The zero-order chi connectivity index (χ0) is 24.1. The average molecular weight is 447 g/mol. The topological polar surface area (TPSA) is 88.3 Å². The van der Waals surface area contributed by atoms with Gasteiger partial charge in [0.1, 0.15) is 11.6 Å². The van der Waals surface area contributed by atoms with E-state index in [0.717, 1.165) is 6.20 Å². The van der Waals surface area contributed by atoms with Crippen LogP contribution in [0.2, 0.25) is 0 Å². The molecule has 1 heterocycles. The number of carbonyl (C=O) groups excluding carboxylic acids is 2. The monoisotopic (exact) mass is 446 g/mol. The van der Waals surface area contributed by atoms with Crippen LogP contribution < -0.4 is 11.1 Å². The van der Waals surface area contributed by atoms with Crippen molar-refractivity contribution in [2.24, 2.45) is 11.1 Å². The molecule has 1 aromatic heterocycles. The van der Waals surface area contributed by atoms with Crippen molar-refractivity contribution in [3.05, 3.63) is 65.0 Å². The van der Waals surface area contributed by atoms with Crippen LogP contribution in [-0.4, -0.2) is 48.4 Å². The van der Waals surface area contributed by atoms with Crippen molar-refractivity contribution in [1.82, 2.24) is 15.2 Å². The standard InChI is InChI=1S/C24H32F2N4O2/c1-24(2,3)20(16-10-17(25)13-28-12-16)11-22(31)29-14-18(30(4)5)8-15-6-7-19(23(27)32)21(26)9-15/h6-7,9-10,12-13,18,20H,8,11,14H2,1-5H3,(H2,27,32)(H,29,31). The van der Waals surface area contributed by atoms with E-state index in [1.807, 2.05) is 39.8 Å². The average Bonchev–Trinajstić information content (AvgIpc) is 2.68. The molecule has 0 aliphatic heterocycles. The first-order chi connectivity index (χ1) is 14.9. The predicted molar refractivity (Wildman–Crippen MR) is 120 cm³/mol. The van der Waals surface area contributed by atoms with E-state index in [9.17, 15) is 18.4 Å². The molecule has 174 valence electrons. The first-order valence-electron chi connectivity index (χ1n) is 10.5. The summed E-state index contributed by atoms with van der Waals surface area (Å²) in [5.41, 5.74) is 6.11. The van der Waals surface area contributed by atoms with Gasteiger partial charge in [-0.25, -0.2) is 8.78 Å². The van der Waals surface area contributed by atoms with Gasteiger partial charge in [0.05, 0.1) is 11.8 Å². The number of nitrogens with one attached hydrogen (secondary N) is 1. The van der Waals surface area contributed by atoms with Gasteiger partial charge >= 0.3 is 0 Å². The first kappa shape index (κ1) is 25.4. The zero-order valence-electron chi connectivity index (χ0n) is 19.3. The number of benzene rings is 1. The first-order valence-corrected chi connectivity index (χ1v) is 10.5. The van der Waals surface area contributed by atoms with Crippen LogP contribution in [0.15, 0.2) is 36.7 Å². The summed E-state index contributed by atoms with van der Waals surface area (Å²) in [7, 11) is 3.75. The fourth-order valence-corrected chi connectivity index (χ4v) is 3.63. The fourth-order valence-electron chi connectivity index (χ4n) is 3.63. The normalized spacial score (nSPS) is 13.6. The third-order valence-corrected chi connectivity index (χ3v) is 5.60. The summed E-state index contributed by atoms with van der Waals surface area (Å²) >= 11 is 0. The molecule has 32 heavy (non-hydrogen) atoms. The molecule has 0 spiro atoms. The highest BCUT2D eigenvalue weighted by atomic mass is 19.1. The molecule has 0 fully saturated rings. The van der Waals surface area contributed by atoms with Gasteiger partial charge in [-0.05, 0) is 61.2 Å². The third kappa shape index (κ3) is 7.09. The minimum absolute atomic E-state index is 0.0956. The Morgan fingerprint density at radius 1 is 1.16 bits per heavy atom. The number of likely N-dealkylation sites (N-methyl/N-ethyl adjacent to an activating group) is 1. The van der Waals surface area contributed by atoms with E-state index < -0.39 is 17.5 Å². The fraction of sp³-hybridized carbons (Fsp3) is 0.458. The van der Waals surface area contributed by atoms with Crippen molar-refractivity contribution in [3.63, 3.8) is 0 Å². The van der Waals surface area contributed by atoms with Crippen molar-refractivity contribution < 1.29 is 18.4 Å². The summed E-state index contributed by atoms with van der Waals surface area (Å²) in [4.78, 5) is 29.8. The summed E-state index contributed by atoms with van der Waals surface area (Å²) in [5, 5.41) is 2.95. The van der Waals surface area contributed by atoms with E-state index in [1.165, 1.54) is 18.2 Å². The molecule has 0 radical (unpaired) electrons. The number of carbonyl (C=O) groups is 2. The van der Waals surface area contributed by atoms with Crippen LogP contribution in [0.1, 0.15) is 54.6 Å². The van der Waals surface area contributed by atoms with Crippen molar-refractivity contribution in [2.45, 2.75) is 45.6 Å². The number of primary amides is 1. The van der Waals surface area contributed by atoms with Crippen LogP contribution in [0.5, 0.6) is 0 Å². The minimum Gasteiger partial charge on any atom is -0.366 e. The second kappa shape index (κ2) is 10.6. The molecule has 2 unspecified atom stereocenters. The number of hydrogen-bond acceptors (Lipinski definition) is 4. The summed E-state index contributed by atoms with van der Waals surface area (Å²) in [6, 6.07) is 5.66. The molecule has 2 amide bonds. The molecule has 0 aliphatic rings. The SMILES string of the molecule is CN(C)C(CNC(=O)CC(c1cncc(F)c1)C(C)(C)C)Cc1ccc(C(N)=O)c(F)c1. The molecule has 2 rings (SSSR count). The van der Waals surface area contributed by atoms with E-state index in [-0.39, 0.29) is 35.3 Å². The number of nitrogens with zero attached hydrogens (tertiary/aromatic N) is 2. The molecule has 6 nitrogen and oxygen atoms in total. The number of nitrogens with two attached hydrogens (primary N) is 1. The lowest BCUT2D eigenvalue weighted by molar-refractivity contribution is -0.122. The largest absolute Gasteiger partial charge is 0.366 e. The minimum atomic E-state index is -0.813. The van der Waals surface area contributed by atoms with Gasteiger partial charge in [0, 0.05) is 25.2 Å². The lowest BCUT2D eigenvalue weighted by atomic mass is 9.75. The maximum absolute atomic E-state index is 14.1. The molecule has 0 saturated heterocycles. The summed E-state index contributed by atoms with van der Waals surface area (Å²) in [6.07, 6.45) is 3.40. The van der Waals surface area contributed by atoms with Gasteiger partial charge in [-0.1, -0.05) is 26.8 Å². The van der Waals surface area contributed by atoms with E-state index in [4.69, 9.17) is 5.73 Å². The number of amides is 2. The Labute approximate surface area is 188 Å². The quantitative estimate of drug-likeness (QED) is 0.619. The van der Waals surface area contributed by atoms with Gasteiger partial charge in [-0.2, -0.15) is 0 Å². The van der Waals surface area contributed by atoms with Crippen molar-refractivity contribution in [3.8, 4) is 0 Å². The van der Waals surface area contributed by atoms with Gasteiger partial charge in [0.15, 0.2) is 0 Å². The lowest BCUT2D eigenvalue weighted by Crippen LogP contribution is -2.42. The Morgan fingerprint density at radius 3 is 2.38 bits per heavy atom. The molecule has 0 aliphatic carbocycles. The Morgan fingerprint density at radius 2 is 1.84 bits per heavy atom. The Bertz CT molecular complexity index is 957. The smallest absolute Gasteiger partial charge is 0.251 e. The van der Waals surface area contributed by atoms with Gasteiger partial charge in [0.25, 0.3) is 5.91 Å². The molecule has 0 saturated carbocycles. The van der Waals surface area contributed by atoms with Gasteiger partial charge in [-0.3, -0.25) is 14.6 Å². The molecular weight excluding hydrogens is 414 g/mol. The van der Waals surface area contributed by atoms with Crippen molar-refractivity contribution in [2.75, 3.05) is 20.6 Å². The zero-order valence-corrected chi connectivity index (χ0v) is 19.3. The second-order valence-electron chi connectivity index (χ2n) is 9.36. The van der Waals surface area contributed by atoms with Crippen molar-refractivity contribution in [1.29, 1.82) is 0 Å². The van der Waals surface area contributed by atoms with Crippen LogP contribution in [0.4, 0.5) is 8.78 Å². The molecule has 2 atom stereocenters. The number of aromatic nitrogens is 1. The van der Waals surface area contributed by atoms with Gasteiger partial charge in [0.2, 0.25) is 5.91 Å². The molecular formula is C24H32F2N4O2. The molecule has 2 aromatic rings. The van der Waals surface area contributed by atoms with E-state index in [0.29, 0.717) is 24.1 Å². The van der Waals surface area contributed by atoms with Crippen LogP contribution >= 0.6 is 0 Å². The third-order valence-electron chi connectivity index (χ3n) is 5.60. The Kier molecular flexibility index (Phi) is 8.44. The van der Waals surface area contributed by atoms with Gasteiger partial charge in [-0.15, -0.1) is 0 Å². The summed E-state index contributed by atoms with van der Waals surface area (Å²) in [5.74, 6) is -2.27. The Balaban J connectivity index is 2.06. The second-order valence-corrected chi connectivity index (χ2v) is 9.36. The highest BCUT2D eigenvalue weighted by Crippen LogP contribution is 2.37. The number of hydrogen-bond donors (Lipinski definition) is 2. The van der Waals surface area contributed by atoms with Crippen molar-refractivity contribution >= 4 is 11.8 Å². The Hall–Kier alpha value is -2.87. The molecule has 3 N–H and O–H groups in total. The highest BCUT2D eigenvalue weighted by Gasteiger charge is 2.29. The lowest BCUT2D eigenvalue weighted by Gasteiger charge is -2.31. The maximum atomic E-state index is 14.1. The number of pyridine rings is 1. The molecule has 0 bridgehead atoms. The predicted octanol–water partition coefficient (Wildman–Crippen LogP) is 3.27. The number of halogens is 2. The van der Waals surface area contributed by atoms with E-state index in [2.05, 4.69) is 10.3 Å². The summed E-state index contributed by atoms with van der Waals surface area (Å²) in [6.45, 7) is 6.36. The summed E-state index contributed by atoms with van der Waals surface area (Å²) < 4.78 is 27.8. The van der Waals surface area contributed by atoms with Gasteiger partial charge < -0.3 is 16.0 Å². The molecule has 1 aromatic carbocycles. The highest BCUT2D eigenvalue weighted by molar-refractivity contribution is 5.93. The van der Waals surface area contributed by atoms with Crippen LogP contribution in [0.3, 0.4) is 0 Å². The van der Waals surface area contributed by atoms with Crippen LogP contribution in [0, 0.1) is 17.0 Å². The van der Waals surface area contributed by atoms with E-state index in [1.54, 1.807) is 12.3 Å². The van der Waals surface area contributed by atoms with Crippen LogP contribution in [0.25, 0.3) is 0 Å². The maximum Gasteiger partial charge on any atom is 0.251 e.